The molecule has 0 aliphatic carbocycles. The van der Waals surface area contributed by atoms with Gasteiger partial charge in [-0.1, -0.05) is 25.5 Å². The molecule has 1 aromatic carbocycles. The molecule has 2 unspecified atom stereocenters. The van der Waals surface area contributed by atoms with Gasteiger partial charge in [-0.25, -0.2) is 4.39 Å². The molecule has 0 saturated carbocycles. The van der Waals surface area contributed by atoms with E-state index in [2.05, 4.69) is 11.8 Å². The molecule has 106 valence electrons. The van der Waals surface area contributed by atoms with Gasteiger partial charge in [0.25, 0.3) is 0 Å². The van der Waals surface area contributed by atoms with Gasteiger partial charge in [0.15, 0.2) is 0 Å². The molecule has 3 heteroatoms. The number of aryl methyl sites for hydroxylation is 1. The Morgan fingerprint density at radius 2 is 2.26 bits per heavy atom. The minimum atomic E-state index is -0.125. The zero-order chi connectivity index (χ0) is 13.8. The van der Waals surface area contributed by atoms with Crippen molar-refractivity contribution in [3.63, 3.8) is 0 Å². The predicted octanol–water partition coefficient (Wildman–Crippen LogP) is 3.26. The van der Waals surface area contributed by atoms with E-state index in [1.165, 1.54) is 19.3 Å². The Bertz CT molecular complexity index is 419. The average molecular weight is 264 g/mol. The Balaban J connectivity index is 2.09. The third kappa shape index (κ3) is 3.34. The van der Waals surface area contributed by atoms with Gasteiger partial charge in [0.05, 0.1) is 0 Å². The van der Waals surface area contributed by atoms with E-state index in [1.807, 2.05) is 12.1 Å². The molecule has 2 N–H and O–H groups in total. The molecule has 0 aromatic heterocycles. The van der Waals surface area contributed by atoms with Crippen LogP contribution < -0.4 is 5.73 Å². The highest BCUT2D eigenvalue weighted by molar-refractivity contribution is 5.26. The molecule has 1 aliphatic heterocycles. The first-order valence-electron chi connectivity index (χ1n) is 7.35. The molecule has 1 aliphatic rings. The highest BCUT2D eigenvalue weighted by Crippen LogP contribution is 2.29. The first-order chi connectivity index (χ1) is 9.15. The lowest BCUT2D eigenvalue weighted by atomic mass is 10.0. The van der Waals surface area contributed by atoms with Crippen molar-refractivity contribution in [2.24, 2.45) is 11.7 Å². The molecule has 1 fully saturated rings. The van der Waals surface area contributed by atoms with Crippen LogP contribution >= 0.6 is 0 Å². The van der Waals surface area contributed by atoms with Gasteiger partial charge in [-0.15, -0.1) is 0 Å². The summed E-state index contributed by atoms with van der Waals surface area (Å²) in [6.45, 7) is 6.77. The Morgan fingerprint density at radius 3 is 2.89 bits per heavy atom. The van der Waals surface area contributed by atoms with Crippen molar-refractivity contribution in [2.75, 3.05) is 19.6 Å². The van der Waals surface area contributed by atoms with E-state index in [9.17, 15) is 4.39 Å². The summed E-state index contributed by atoms with van der Waals surface area (Å²) in [6.07, 6.45) is 3.78. The molecular weight excluding hydrogens is 239 g/mol. The summed E-state index contributed by atoms with van der Waals surface area (Å²) in [5.41, 5.74) is 7.64. The normalized spacial score (nSPS) is 21.8. The predicted molar refractivity (Wildman–Crippen MR) is 77.5 cm³/mol. The molecule has 0 amide bonds. The molecule has 2 rings (SSSR count). The second kappa shape index (κ2) is 6.49. The van der Waals surface area contributed by atoms with Crippen molar-refractivity contribution in [1.29, 1.82) is 0 Å². The van der Waals surface area contributed by atoms with Crippen molar-refractivity contribution in [1.82, 2.24) is 4.90 Å². The van der Waals surface area contributed by atoms with Crippen LogP contribution in [0, 0.1) is 18.7 Å². The Hall–Kier alpha value is -0.930. The zero-order valence-electron chi connectivity index (χ0n) is 12.0. The fraction of sp³-hybridized carbons (Fsp3) is 0.625. The smallest absolute Gasteiger partial charge is 0.126 e. The maximum atomic E-state index is 13.7. The Labute approximate surface area is 115 Å². The third-order valence-corrected chi connectivity index (χ3v) is 4.26. The number of nitrogens with two attached hydrogens (primary N) is 1. The summed E-state index contributed by atoms with van der Waals surface area (Å²) >= 11 is 0. The topological polar surface area (TPSA) is 29.3 Å². The summed E-state index contributed by atoms with van der Waals surface area (Å²) < 4.78 is 13.7. The van der Waals surface area contributed by atoms with Gasteiger partial charge in [-0.2, -0.15) is 0 Å². The standard InChI is InChI=1S/C16H25FN2/c1-3-4-13-7-8-19(11-13)16(10-18)14-6-5-12(2)15(17)9-14/h5-6,9,13,16H,3-4,7-8,10-11,18H2,1-2H3. The summed E-state index contributed by atoms with van der Waals surface area (Å²) in [6, 6.07) is 5.69. The second-order valence-corrected chi connectivity index (χ2v) is 5.70. The van der Waals surface area contributed by atoms with E-state index >= 15 is 0 Å². The molecule has 0 radical (unpaired) electrons. The van der Waals surface area contributed by atoms with Gasteiger partial charge in [0.2, 0.25) is 0 Å². The largest absolute Gasteiger partial charge is 0.329 e. The van der Waals surface area contributed by atoms with E-state index in [4.69, 9.17) is 5.73 Å². The van der Waals surface area contributed by atoms with Crippen LogP contribution in [0.5, 0.6) is 0 Å². The molecule has 19 heavy (non-hydrogen) atoms. The van der Waals surface area contributed by atoms with Crippen LogP contribution in [0.15, 0.2) is 18.2 Å². The monoisotopic (exact) mass is 264 g/mol. The molecule has 0 bridgehead atoms. The molecule has 1 aromatic rings. The number of benzene rings is 1. The zero-order valence-corrected chi connectivity index (χ0v) is 12.0. The maximum absolute atomic E-state index is 13.7. The van der Waals surface area contributed by atoms with Gasteiger partial charge in [-0.3, -0.25) is 4.90 Å². The van der Waals surface area contributed by atoms with Crippen LogP contribution in [0.2, 0.25) is 0 Å². The Kier molecular flexibility index (Phi) is 4.94. The molecular formula is C16H25FN2. The quantitative estimate of drug-likeness (QED) is 0.884. The van der Waals surface area contributed by atoms with Gasteiger partial charge < -0.3 is 5.73 Å². The highest BCUT2D eigenvalue weighted by Gasteiger charge is 2.28. The third-order valence-electron chi connectivity index (χ3n) is 4.26. The lowest BCUT2D eigenvalue weighted by Gasteiger charge is -2.27. The van der Waals surface area contributed by atoms with Crippen molar-refractivity contribution >= 4 is 0 Å². The van der Waals surface area contributed by atoms with Crippen molar-refractivity contribution < 1.29 is 4.39 Å². The molecule has 1 saturated heterocycles. The number of nitrogens with zero attached hydrogens (tertiary/aromatic N) is 1. The maximum Gasteiger partial charge on any atom is 0.126 e. The summed E-state index contributed by atoms with van der Waals surface area (Å²) in [5.74, 6) is 0.662. The summed E-state index contributed by atoms with van der Waals surface area (Å²) in [4.78, 5) is 2.42. The van der Waals surface area contributed by atoms with Crippen LogP contribution in [0.3, 0.4) is 0 Å². The van der Waals surface area contributed by atoms with Crippen LogP contribution in [-0.2, 0) is 0 Å². The highest BCUT2D eigenvalue weighted by atomic mass is 19.1. The number of hydrogen-bond acceptors (Lipinski definition) is 2. The lowest BCUT2D eigenvalue weighted by Crippen LogP contribution is -2.32. The van der Waals surface area contributed by atoms with Crippen molar-refractivity contribution in [3.8, 4) is 0 Å². The van der Waals surface area contributed by atoms with Crippen molar-refractivity contribution in [2.45, 2.75) is 39.2 Å². The molecule has 0 spiro atoms. The van der Waals surface area contributed by atoms with Gasteiger partial charge in [-0.05, 0) is 49.4 Å². The van der Waals surface area contributed by atoms with Crippen molar-refractivity contribution in [3.05, 3.63) is 35.1 Å². The lowest BCUT2D eigenvalue weighted by molar-refractivity contribution is 0.239. The number of halogens is 1. The first kappa shape index (κ1) is 14.5. The van der Waals surface area contributed by atoms with E-state index in [1.54, 1.807) is 13.0 Å². The first-order valence-corrected chi connectivity index (χ1v) is 7.35. The van der Waals surface area contributed by atoms with Crippen LogP contribution in [-0.4, -0.2) is 24.5 Å². The minimum absolute atomic E-state index is 0.125. The van der Waals surface area contributed by atoms with E-state index in [0.717, 1.165) is 24.6 Å². The average Bonchev–Trinajstić information content (AvgIpc) is 2.83. The fourth-order valence-electron chi connectivity index (χ4n) is 3.10. The Morgan fingerprint density at radius 1 is 1.47 bits per heavy atom. The summed E-state index contributed by atoms with van der Waals surface area (Å²) in [7, 11) is 0. The van der Waals surface area contributed by atoms with Gasteiger partial charge in [0.1, 0.15) is 5.82 Å². The van der Waals surface area contributed by atoms with E-state index in [0.29, 0.717) is 12.1 Å². The van der Waals surface area contributed by atoms with Gasteiger partial charge in [0, 0.05) is 19.1 Å². The molecule has 2 atom stereocenters. The molecule has 1 heterocycles. The number of hydrogen-bond donors (Lipinski definition) is 1. The SMILES string of the molecule is CCCC1CCN(C(CN)c2ccc(C)c(F)c2)C1. The van der Waals surface area contributed by atoms with Gasteiger partial charge >= 0.3 is 0 Å². The van der Waals surface area contributed by atoms with E-state index in [-0.39, 0.29) is 11.9 Å². The van der Waals surface area contributed by atoms with Crippen LogP contribution in [0.4, 0.5) is 4.39 Å². The fourth-order valence-corrected chi connectivity index (χ4v) is 3.10. The molecule has 2 nitrogen and oxygen atoms in total. The number of rotatable bonds is 5. The number of likely N-dealkylation sites (tertiary alicyclic amines) is 1. The van der Waals surface area contributed by atoms with E-state index < -0.39 is 0 Å². The second-order valence-electron chi connectivity index (χ2n) is 5.70. The van der Waals surface area contributed by atoms with Crippen LogP contribution in [0.1, 0.15) is 43.4 Å². The summed E-state index contributed by atoms with van der Waals surface area (Å²) in [5, 5.41) is 0. The van der Waals surface area contributed by atoms with Crippen LogP contribution in [0.25, 0.3) is 0 Å². The minimum Gasteiger partial charge on any atom is -0.329 e.